The number of methoxy groups -OCH3 is 1. The Kier molecular flexibility index (Phi) is 5.52. The number of hydrogen-bond donors (Lipinski definition) is 2. The molecule has 6 heteroatoms. The van der Waals surface area contributed by atoms with Crippen LogP contribution in [0.1, 0.15) is 24.0 Å². The van der Waals surface area contributed by atoms with Crippen LogP contribution >= 0.6 is 0 Å². The predicted octanol–water partition coefficient (Wildman–Crippen LogP) is 1.64. The van der Waals surface area contributed by atoms with Crippen LogP contribution in [0.5, 0.6) is 0 Å². The van der Waals surface area contributed by atoms with Crippen LogP contribution in [-0.4, -0.2) is 42.3 Å². The van der Waals surface area contributed by atoms with Gasteiger partial charge in [-0.3, -0.25) is 0 Å². The van der Waals surface area contributed by atoms with E-state index < -0.39 is 0 Å². The van der Waals surface area contributed by atoms with Gasteiger partial charge < -0.3 is 20.1 Å². The molecule has 0 heterocycles. The van der Waals surface area contributed by atoms with Gasteiger partial charge in [-0.15, -0.1) is 0 Å². The monoisotopic (exact) mass is 296 g/mol. The van der Waals surface area contributed by atoms with Gasteiger partial charge in [-0.1, -0.05) is 6.07 Å². The highest BCUT2D eigenvalue weighted by molar-refractivity contribution is 5.74. The fraction of sp³-hybridized carbons (Fsp3) is 0.533. The SMILES string of the molecule is COCc1cc(CNC(=O)N(CCO)C2CC2)ccc1F. The number of hydrogen-bond acceptors (Lipinski definition) is 3. The van der Waals surface area contributed by atoms with E-state index in [9.17, 15) is 9.18 Å². The Hall–Kier alpha value is -1.66. The molecule has 0 spiro atoms. The van der Waals surface area contributed by atoms with E-state index in [1.54, 1.807) is 17.0 Å². The minimum absolute atomic E-state index is 0.0432. The van der Waals surface area contributed by atoms with Crippen molar-refractivity contribution in [3.63, 3.8) is 0 Å². The molecule has 2 amide bonds. The molecule has 1 aromatic carbocycles. The van der Waals surface area contributed by atoms with Crippen LogP contribution in [0.2, 0.25) is 0 Å². The number of halogens is 1. The number of amides is 2. The Morgan fingerprint density at radius 3 is 2.90 bits per heavy atom. The normalized spacial score (nSPS) is 14.0. The number of aliphatic hydroxyl groups excluding tert-OH is 1. The number of urea groups is 1. The minimum Gasteiger partial charge on any atom is -0.395 e. The molecule has 2 N–H and O–H groups in total. The summed E-state index contributed by atoms with van der Waals surface area (Å²) in [6.45, 7) is 0.824. The van der Waals surface area contributed by atoms with Crippen molar-refractivity contribution >= 4 is 6.03 Å². The number of benzene rings is 1. The van der Waals surface area contributed by atoms with E-state index in [2.05, 4.69) is 5.32 Å². The van der Waals surface area contributed by atoms with Gasteiger partial charge in [0.1, 0.15) is 5.82 Å². The number of rotatable bonds is 7. The number of ether oxygens (including phenoxy) is 1. The lowest BCUT2D eigenvalue weighted by Crippen LogP contribution is -2.42. The third kappa shape index (κ3) is 4.41. The lowest BCUT2D eigenvalue weighted by atomic mass is 10.1. The summed E-state index contributed by atoms with van der Waals surface area (Å²) < 4.78 is 18.4. The van der Waals surface area contributed by atoms with Crippen molar-refractivity contribution in [2.75, 3.05) is 20.3 Å². The average molecular weight is 296 g/mol. The van der Waals surface area contributed by atoms with Crippen molar-refractivity contribution < 1.29 is 19.0 Å². The second-order valence-corrected chi connectivity index (χ2v) is 5.17. The molecule has 0 bridgehead atoms. The van der Waals surface area contributed by atoms with Gasteiger partial charge in [-0.25, -0.2) is 9.18 Å². The maximum atomic E-state index is 13.5. The molecule has 0 saturated heterocycles. The van der Waals surface area contributed by atoms with Gasteiger partial charge in [0.15, 0.2) is 0 Å². The molecule has 5 nitrogen and oxygen atoms in total. The van der Waals surface area contributed by atoms with Crippen molar-refractivity contribution in [1.82, 2.24) is 10.2 Å². The quantitative estimate of drug-likeness (QED) is 0.804. The summed E-state index contributed by atoms with van der Waals surface area (Å²) in [6.07, 6.45) is 1.98. The van der Waals surface area contributed by atoms with Gasteiger partial charge in [-0.2, -0.15) is 0 Å². The molecule has 0 unspecified atom stereocenters. The zero-order valence-corrected chi connectivity index (χ0v) is 12.1. The van der Waals surface area contributed by atoms with E-state index in [0.29, 0.717) is 18.7 Å². The topological polar surface area (TPSA) is 61.8 Å². The summed E-state index contributed by atoms with van der Waals surface area (Å²) in [6, 6.07) is 4.76. The Bertz CT molecular complexity index is 492. The molecule has 0 radical (unpaired) electrons. The van der Waals surface area contributed by atoms with E-state index >= 15 is 0 Å². The van der Waals surface area contributed by atoms with Crippen LogP contribution in [0.3, 0.4) is 0 Å². The second-order valence-electron chi connectivity index (χ2n) is 5.17. The first-order valence-corrected chi connectivity index (χ1v) is 7.07. The Morgan fingerprint density at radius 1 is 1.52 bits per heavy atom. The van der Waals surface area contributed by atoms with Crippen LogP contribution in [-0.2, 0) is 17.9 Å². The predicted molar refractivity (Wildman–Crippen MR) is 76.2 cm³/mol. The highest BCUT2D eigenvalue weighted by atomic mass is 19.1. The van der Waals surface area contributed by atoms with Crippen LogP contribution < -0.4 is 5.32 Å². The van der Waals surface area contributed by atoms with Gasteiger partial charge in [0.05, 0.1) is 13.2 Å². The van der Waals surface area contributed by atoms with Gasteiger partial charge in [-0.05, 0) is 30.5 Å². The molecule has 1 saturated carbocycles. The fourth-order valence-electron chi connectivity index (χ4n) is 2.23. The number of nitrogens with one attached hydrogen (secondary N) is 1. The summed E-state index contributed by atoms with van der Waals surface area (Å²) in [4.78, 5) is 13.7. The summed E-state index contributed by atoms with van der Waals surface area (Å²) in [5.74, 6) is -0.313. The number of carbonyl (C=O) groups is 1. The molecule has 2 rings (SSSR count). The van der Waals surface area contributed by atoms with E-state index in [1.807, 2.05) is 0 Å². The Morgan fingerprint density at radius 2 is 2.29 bits per heavy atom. The zero-order valence-electron chi connectivity index (χ0n) is 12.1. The van der Waals surface area contributed by atoms with E-state index in [-0.39, 0.29) is 31.1 Å². The van der Waals surface area contributed by atoms with Crippen molar-refractivity contribution in [2.24, 2.45) is 0 Å². The molecule has 0 atom stereocenters. The average Bonchev–Trinajstić information content (AvgIpc) is 3.30. The lowest BCUT2D eigenvalue weighted by molar-refractivity contribution is 0.173. The van der Waals surface area contributed by atoms with Crippen LogP contribution in [0.4, 0.5) is 9.18 Å². The first kappa shape index (κ1) is 15.7. The van der Waals surface area contributed by atoms with Crippen molar-refractivity contribution in [3.8, 4) is 0 Å². The van der Waals surface area contributed by atoms with Gasteiger partial charge in [0.25, 0.3) is 0 Å². The lowest BCUT2D eigenvalue weighted by Gasteiger charge is -2.21. The van der Waals surface area contributed by atoms with E-state index in [0.717, 1.165) is 18.4 Å². The van der Waals surface area contributed by atoms with Gasteiger partial charge >= 0.3 is 6.03 Å². The van der Waals surface area contributed by atoms with Crippen LogP contribution in [0, 0.1) is 5.82 Å². The number of nitrogens with zero attached hydrogens (tertiary/aromatic N) is 1. The molecule has 21 heavy (non-hydrogen) atoms. The largest absolute Gasteiger partial charge is 0.395 e. The maximum Gasteiger partial charge on any atom is 0.317 e. The van der Waals surface area contributed by atoms with Crippen molar-refractivity contribution in [3.05, 3.63) is 35.1 Å². The molecule has 0 aromatic heterocycles. The first-order valence-electron chi connectivity index (χ1n) is 7.07. The second kappa shape index (κ2) is 7.38. The van der Waals surface area contributed by atoms with Crippen molar-refractivity contribution in [2.45, 2.75) is 32.0 Å². The molecule has 1 fully saturated rings. The molecular weight excluding hydrogens is 275 g/mol. The molecular formula is C15H21FN2O3. The maximum absolute atomic E-state index is 13.5. The third-order valence-corrected chi connectivity index (χ3v) is 3.44. The summed E-state index contributed by atoms with van der Waals surface area (Å²) >= 11 is 0. The molecule has 1 aliphatic rings. The Labute approximate surface area is 123 Å². The number of carbonyl (C=O) groups excluding carboxylic acids is 1. The summed E-state index contributed by atoms with van der Waals surface area (Å²) in [5, 5.41) is 11.8. The molecule has 1 aliphatic carbocycles. The van der Waals surface area contributed by atoms with Gasteiger partial charge in [0.2, 0.25) is 0 Å². The summed E-state index contributed by atoms with van der Waals surface area (Å²) in [5.41, 5.74) is 1.29. The van der Waals surface area contributed by atoms with E-state index in [1.165, 1.54) is 13.2 Å². The molecule has 0 aliphatic heterocycles. The van der Waals surface area contributed by atoms with Crippen LogP contribution in [0.25, 0.3) is 0 Å². The third-order valence-electron chi connectivity index (χ3n) is 3.44. The minimum atomic E-state index is -0.313. The first-order chi connectivity index (χ1) is 10.2. The standard InChI is InChI=1S/C15H21FN2O3/c1-21-10-12-8-11(2-5-14(12)16)9-17-15(20)18(6-7-19)13-3-4-13/h2,5,8,13,19H,3-4,6-7,9-10H2,1H3,(H,17,20). The van der Waals surface area contributed by atoms with Crippen LogP contribution in [0.15, 0.2) is 18.2 Å². The Balaban J connectivity index is 1.92. The summed E-state index contributed by atoms with van der Waals surface area (Å²) in [7, 11) is 1.51. The van der Waals surface area contributed by atoms with E-state index in [4.69, 9.17) is 9.84 Å². The molecule has 116 valence electrons. The molecule has 1 aromatic rings. The van der Waals surface area contributed by atoms with Crippen molar-refractivity contribution in [1.29, 1.82) is 0 Å². The van der Waals surface area contributed by atoms with Gasteiger partial charge in [0, 0.05) is 31.8 Å². The highest BCUT2D eigenvalue weighted by Crippen LogP contribution is 2.26. The number of aliphatic hydroxyl groups is 1. The smallest absolute Gasteiger partial charge is 0.317 e. The zero-order chi connectivity index (χ0) is 15.2. The highest BCUT2D eigenvalue weighted by Gasteiger charge is 2.31. The fourth-order valence-corrected chi connectivity index (χ4v) is 2.23.